The smallest absolute Gasteiger partial charge is 0.126 e. The first-order valence-electron chi connectivity index (χ1n) is 10.3. The zero-order valence-electron chi connectivity index (χ0n) is 19.5. The Bertz CT molecular complexity index is 1230. The summed E-state index contributed by atoms with van der Waals surface area (Å²) in [4.78, 5) is 0. The molecule has 6 nitrogen and oxygen atoms in total. The summed E-state index contributed by atoms with van der Waals surface area (Å²) in [5.41, 5.74) is 3.60. The molecule has 3 rings (SSSR count). The Balaban J connectivity index is 2.07. The van der Waals surface area contributed by atoms with Gasteiger partial charge in [0, 0.05) is 11.1 Å². The first kappa shape index (κ1) is 24.0. The first-order valence-corrected chi connectivity index (χ1v) is 10.3. The van der Waals surface area contributed by atoms with Gasteiger partial charge in [0.2, 0.25) is 0 Å². The number of methoxy groups -OCH3 is 4. The number of allylic oxidation sites excluding steroid dienone is 2. The van der Waals surface area contributed by atoms with Crippen LogP contribution in [0.4, 0.5) is 0 Å². The second kappa shape index (κ2) is 11.3. The Morgan fingerprint density at radius 2 is 1.06 bits per heavy atom. The minimum absolute atomic E-state index is 0.421. The van der Waals surface area contributed by atoms with Crippen LogP contribution in [0, 0.1) is 22.7 Å². The van der Waals surface area contributed by atoms with E-state index in [4.69, 9.17) is 18.9 Å². The van der Waals surface area contributed by atoms with Crippen molar-refractivity contribution in [2.75, 3.05) is 28.4 Å². The van der Waals surface area contributed by atoms with E-state index < -0.39 is 0 Å². The van der Waals surface area contributed by atoms with Crippen LogP contribution in [0.2, 0.25) is 0 Å². The molecule has 170 valence electrons. The van der Waals surface area contributed by atoms with Crippen LogP contribution in [0.15, 0.2) is 60.7 Å². The van der Waals surface area contributed by atoms with E-state index in [1.165, 1.54) is 0 Å². The van der Waals surface area contributed by atoms with Crippen molar-refractivity contribution in [2.24, 2.45) is 0 Å². The second-order valence-corrected chi connectivity index (χ2v) is 7.14. The molecule has 0 bridgehead atoms. The van der Waals surface area contributed by atoms with Gasteiger partial charge in [0.25, 0.3) is 0 Å². The molecule has 3 aromatic carbocycles. The molecule has 0 saturated carbocycles. The quantitative estimate of drug-likeness (QED) is 0.315. The van der Waals surface area contributed by atoms with Gasteiger partial charge in [-0.3, -0.25) is 0 Å². The molecule has 0 atom stereocenters. The highest BCUT2D eigenvalue weighted by atomic mass is 16.5. The van der Waals surface area contributed by atoms with Gasteiger partial charge in [0.05, 0.1) is 51.7 Å². The van der Waals surface area contributed by atoms with Crippen LogP contribution in [-0.4, -0.2) is 28.4 Å². The van der Waals surface area contributed by atoms with Crippen LogP contribution >= 0.6 is 0 Å². The van der Waals surface area contributed by atoms with Gasteiger partial charge in [-0.25, -0.2) is 0 Å². The molecular formula is C28H24N2O4. The first-order chi connectivity index (χ1) is 16.6. The van der Waals surface area contributed by atoms with Gasteiger partial charge >= 0.3 is 0 Å². The SMILES string of the molecule is COc1ccc(OC)c(/C=C(\C#N)c2cccc(/C(C#N)=C\c3cc(OC)ccc3OC)c2)c1. The van der Waals surface area contributed by atoms with Gasteiger partial charge < -0.3 is 18.9 Å². The lowest BCUT2D eigenvalue weighted by atomic mass is 9.97. The van der Waals surface area contributed by atoms with E-state index in [1.54, 1.807) is 77.0 Å². The highest BCUT2D eigenvalue weighted by molar-refractivity contribution is 5.95. The summed E-state index contributed by atoms with van der Waals surface area (Å²) in [5.74, 6) is 2.54. The predicted octanol–water partition coefficient (Wildman–Crippen LogP) is 5.85. The molecule has 0 aromatic heterocycles. The van der Waals surface area contributed by atoms with Crippen LogP contribution in [-0.2, 0) is 0 Å². The van der Waals surface area contributed by atoms with Crippen molar-refractivity contribution in [1.29, 1.82) is 10.5 Å². The summed E-state index contributed by atoms with van der Waals surface area (Å²) >= 11 is 0. The summed E-state index contributed by atoms with van der Waals surface area (Å²) in [6.45, 7) is 0. The van der Waals surface area contributed by atoms with Gasteiger partial charge in [-0.1, -0.05) is 18.2 Å². The molecular weight excluding hydrogens is 428 g/mol. The number of benzene rings is 3. The zero-order chi connectivity index (χ0) is 24.5. The molecule has 3 aromatic rings. The molecule has 0 unspecified atom stereocenters. The van der Waals surface area contributed by atoms with E-state index in [2.05, 4.69) is 12.1 Å². The summed E-state index contributed by atoms with van der Waals surface area (Å²) in [6.07, 6.45) is 3.47. The predicted molar refractivity (Wildman–Crippen MR) is 133 cm³/mol. The number of nitrogens with zero attached hydrogens (tertiary/aromatic N) is 2. The molecule has 6 heteroatoms. The Hall–Kier alpha value is -4.68. The third kappa shape index (κ3) is 5.38. The summed E-state index contributed by atoms with van der Waals surface area (Å²) in [5, 5.41) is 19.8. The summed E-state index contributed by atoms with van der Waals surface area (Å²) in [6, 6.07) is 22.5. The minimum Gasteiger partial charge on any atom is -0.497 e. The number of hydrogen-bond acceptors (Lipinski definition) is 6. The van der Waals surface area contributed by atoms with E-state index in [0.29, 0.717) is 56.4 Å². The lowest BCUT2D eigenvalue weighted by molar-refractivity contribution is 0.402. The standard InChI is InChI=1S/C28H24N2O4/c1-31-25-8-10-27(33-3)21(15-25)13-23(17-29)19-6-5-7-20(12-19)24(18-30)14-22-16-26(32-2)9-11-28(22)34-4/h5-16H,1-4H3/b23-13-,24-14+. The summed E-state index contributed by atoms with van der Waals surface area (Å²) in [7, 11) is 6.30. The largest absolute Gasteiger partial charge is 0.497 e. The van der Waals surface area contributed by atoms with Crippen molar-refractivity contribution >= 4 is 23.3 Å². The maximum atomic E-state index is 9.88. The average molecular weight is 453 g/mol. The maximum absolute atomic E-state index is 9.88. The monoisotopic (exact) mass is 452 g/mol. The Labute approximate surface area is 199 Å². The van der Waals surface area contributed by atoms with Gasteiger partial charge in [-0.05, 0) is 65.7 Å². The number of nitriles is 2. The van der Waals surface area contributed by atoms with E-state index >= 15 is 0 Å². The molecule has 0 amide bonds. The highest BCUT2D eigenvalue weighted by Crippen LogP contribution is 2.31. The van der Waals surface area contributed by atoms with Crippen molar-refractivity contribution in [2.45, 2.75) is 0 Å². The molecule has 0 aliphatic carbocycles. The van der Waals surface area contributed by atoms with Crippen LogP contribution < -0.4 is 18.9 Å². The maximum Gasteiger partial charge on any atom is 0.126 e. The normalized spacial score (nSPS) is 11.2. The molecule has 0 radical (unpaired) electrons. The van der Waals surface area contributed by atoms with Crippen LogP contribution in [0.3, 0.4) is 0 Å². The van der Waals surface area contributed by atoms with Gasteiger partial charge in [-0.2, -0.15) is 10.5 Å². The molecule has 0 N–H and O–H groups in total. The number of rotatable bonds is 8. The zero-order valence-corrected chi connectivity index (χ0v) is 19.5. The van der Waals surface area contributed by atoms with E-state index in [9.17, 15) is 10.5 Å². The minimum atomic E-state index is 0.421. The molecule has 0 aliphatic heterocycles. The van der Waals surface area contributed by atoms with E-state index in [0.717, 1.165) is 0 Å². The van der Waals surface area contributed by atoms with Crippen molar-refractivity contribution < 1.29 is 18.9 Å². The van der Waals surface area contributed by atoms with Crippen LogP contribution in [0.1, 0.15) is 22.3 Å². The van der Waals surface area contributed by atoms with Crippen LogP contribution in [0.5, 0.6) is 23.0 Å². The van der Waals surface area contributed by atoms with Crippen molar-refractivity contribution in [1.82, 2.24) is 0 Å². The third-order valence-electron chi connectivity index (χ3n) is 5.20. The molecule has 0 saturated heterocycles. The molecule has 0 spiro atoms. The van der Waals surface area contributed by atoms with Gasteiger partial charge in [0.15, 0.2) is 0 Å². The van der Waals surface area contributed by atoms with Crippen molar-refractivity contribution in [3.63, 3.8) is 0 Å². The Morgan fingerprint density at radius 3 is 1.41 bits per heavy atom. The second-order valence-electron chi connectivity index (χ2n) is 7.14. The van der Waals surface area contributed by atoms with Crippen molar-refractivity contribution in [3.8, 4) is 35.1 Å². The van der Waals surface area contributed by atoms with Gasteiger partial charge in [0.1, 0.15) is 23.0 Å². The fourth-order valence-electron chi connectivity index (χ4n) is 3.43. The molecule has 0 aliphatic rings. The molecule has 0 fully saturated rings. The molecule has 0 heterocycles. The fraction of sp³-hybridized carbons (Fsp3) is 0.143. The number of hydrogen-bond donors (Lipinski definition) is 0. The van der Waals surface area contributed by atoms with Gasteiger partial charge in [-0.15, -0.1) is 0 Å². The third-order valence-corrected chi connectivity index (χ3v) is 5.20. The number of ether oxygens (including phenoxy) is 4. The highest BCUT2D eigenvalue weighted by Gasteiger charge is 2.11. The molecule has 34 heavy (non-hydrogen) atoms. The fourth-order valence-corrected chi connectivity index (χ4v) is 3.43. The van der Waals surface area contributed by atoms with E-state index in [-0.39, 0.29) is 0 Å². The Morgan fingerprint density at radius 1 is 0.618 bits per heavy atom. The lowest BCUT2D eigenvalue weighted by Gasteiger charge is -2.10. The van der Waals surface area contributed by atoms with Crippen LogP contribution in [0.25, 0.3) is 23.3 Å². The average Bonchev–Trinajstić information content (AvgIpc) is 2.89. The topological polar surface area (TPSA) is 84.5 Å². The lowest BCUT2D eigenvalue weighted by Crippen LogP contribution is -1.92. The van der Waals surface area contributed by atoms with E-state index in [1.807, 2.05) is 24.3 Å². The summed E-state index contributed by atoms with van der Waals surface area (Å²) < 4.78 is 21.5. The Kier molecular flexibility index (Phi) is 7.94. The van der Waals surface area contributed by atoms with Crippen molar-refractivity contribution in [3.05, 3.63) is 82.9 Å².